The van der Waals surface area contributed by atoms with E-state index in [9.17, 15) is 0 Å². The van der Waals surface area contributed by atoms with Gasteiger partial charge in [0.2, 0.25) is 0 Å². The molecule has 0 radical (unpaired) electrons. The molecule has 2 aliphatic heterocycles. The standard InChI is InChI=1S/C15H22N2S.ClH/c1-18-15-6-2-12(3-7-15)10-17-9-8-13-4-5-14(11-17)16-13;/h2-3,6-7,13-14,16H,4-5,8-11H2,1H3;1H. The molecule has 2 atom stereocenters. The van der Waals surface area contributed by atoms with Crippen molar-refractivity contribution in [1.29, 1.82) is 0 Å². The summed E-state index contributed by atoms with van der Waals surface area (Å²) in [6, 6.07) is 10.6. The van der Waals surface area contributed by atoms with Gasteiger partial charge in [0.05, 0.1) is 0 Å². The molecule has 2 unspecified atom stereocenters. The van der Waals surface area contributed by atoms with Gasteiger partial charge in [0.15, 0.2) is 0 Å². The Morgan fingerprint density at radius 1 is 1.16 bits per heavy atom. The lowest BCUT2D eigenvalue weighted by Crippen LogP contribution is -2.34. The SMILES string of the molecule is CSc1ccc(CN2CCC3CCC(C2)N3)cc1.Cl. The van der Waals surface area contributed by atoms with Crippen molar-refractivity contribution < 1.29 is 0 Å². The largest absolute Gasteiger partial charge is 0.310 e. The van der Waals surface area contributed by atoms with Crippen LogP contribution in [0.25, 0.3) is 0 Å². The van der Waals surface area contributed by atoms with E-state index in [1.54, 1.807) is 0 Å². The van der Waals surface area contributed by atoms with Crippen molar-refractivity contribution in [1.82, 2.24) is 10.2 Å². The Hall–Kier alpha value is -0.220. The fraction of sp³-hybridized carbons (Fsp3) is 0.600. The van der Waals surface area contributed by atoms with Crippen LogP contribution in [-0.4, -0.2) is 36.3 Å². The zero-order valence-corrected chi connectivity index (χ0v) is 13.1. The Morgan fingerprint density at radius 2 is 1.89 bits per heavy atom. The van der Waals surface area contributed by atoms with Crippen LogP contribution in [0, 0.1) is 0 Å². The lowest BCUT2D eigenvalue weighted by molar-refractivity contribution is 0.251. The summed E-state index contributed by atoms with van der Waals surface area (Å²) >= 11 is 1.81. The van der Waals surface area contributed by atoms with Crippen molar-refractivity contribution in [3.05, 3.63) is 29.8 Å². The highest BCUT2D eigenvalue weighted by Gasteiger charge is 2.28. The summed E-state index contributed by atoms with van der Waals surface area (Å²) in [5, 5.41) is 3.74. The molecule has 0 amide bonds. The Balaban J connectivity index is 0.00000133. The number of hydrogen-bond acceptors (Lipinski definition) is 3. The van der Waals surface area contributed by atoms with E-state index >= 15 is 0 Å². The minimum Gasteiger partial charge on any atom is -0.310 e. The van der Waals surface area contributed by atoms with Crippen LogP contribution in [0.4, 0.5) is 0 Å². The Kier molecular flexibility index (Phi) is 5.58. The first-order chi connectivity index (χ1) is 8.83. The minimum atomic E-state index is 0. The second kappa shape index (κ2) is 6.98. The van der Waals surface area contributed by atoms with Crippen LogP contribution >= 0.6 is 24.2 Å². The van der Waals surface area contributed by atoms with Crippen LogP contribution in [-0.2, 0) is 6.54 Å². The predicted octanol–water partition coefficient (Wildman–Crippen LogP) is 3.16. The van der Waals surface area contributed by atoms with Gasteiger partial charge in [-0.05, 0) is 43.2 Å². The lowest BCUT2D eigenvalue weighted by atomic mass is 10.1. The van der Waals surface area contributed by atoms with Gasteiger partial charge in [-0.2, -0.15) is 0 Å². The quantitative estimate of drug-likeness (QED) is 0.863. The molecule has 1 aromatic rings. The van der Waals surface area contributed by atoms with Gasteiger partial charge in [-0.1, -0.05) is 12.1 Å². The molecule has 0 spiro atoms. The van der Waals surface area contributed by atoms with Crippen molar-refractivity contribution in [3.63, 3.8) is 0 Å². The van der Waals surface area contributed by atoms with Crippen LogP contribution in [0.1, 0.15) is 24.8 Å². The topological polar surface area (TPSA) is 15.3 Å². The first-order valence-electron chi connectivity index (χ1n) is 6.95. The van der Waals surface area contributed by atoms with Gasteiger partial charge in [0, 0.05) is 36.6 Å². The maximum atomic E-state index is 3.74. The third kappa shape index (κ3) is 3.88. The number of benzene rings is 1. The molecule has 0 aromatic heterocycles. The molecule has 0 saturated carbocycles. The fourth-order valence-electron chi connectivity index (χ4n) is 3.15. The molecule has 2 heterocycles. The average molecular weight is 299 g/mol. The van der Waals surface area contributed by atoms with Gasteiger partial charge >= 0.3 is 0 Å². The highest BCUT2D eigenvalue weighted by Crippen LogP contribution is 2.22. The van der Waals surface area contributed by atoms with E-state index < -0.39 is 0 Å². The van der Waals surface area contributed by atoms with E-state index in [4.69, 9.17) is 0 Å². The van der Waals surface area contributed by atoms with Crippen molar-refractivity contribution >= 4 is 24.2 Å². The normalized spacial score (nSPS) is 26.8. The molecule has 4 heteroatoms. The average Bonchev–Trinajstić information content (AvgIpc) is 2.74. The van der Waals surface area contributed by atoms with Crippen LogP contribution in [0.2, 0.25) is 0 Å². The van der Waals surface area contributed by atoms with Crippen molar-refractivity contribution in [3.8, 4) is 0 Å². The highest BCUT2D eigenvalue weighted by molar-refractivity contribution is 7.98. The van der Waals surface area contributed by atoms with Gasteiger partial charge in [-0.3, -0.25) is 4.90 Å². The van der Waals surface area contributed by atoms with E-state index in [1.807, 2.05) is 11.8 Å². The van der Waals surface area contributed by atoms with Crippen molar-refractivity contribution in [2.75, 3.05) is 19.3 Å². The zero-order chi connectivity index (χ0) is 12.4. The third-order valence-electron chi connectivity index (χ3n) is 4.17. The molecule has 1 N–H and O–H groups in total. The van der Waals surface area contributed by atoms with E-state index in [2.05, 4.69) is 40.7 Å². The maximum absolute atomic E-state index is 3.74. The molecule has 2 bridgehead atoms. The Morgan fingerprint density at radius 3 is 2.63 bits per heavy atom. The summed E-state index contributed by atoms with van der Waals surface area (Å²) in [7, 11) is 0. The van der Waals surface area contributed by atoms with E-state index in [0.29, 0.717) is 0 Å². The molecule has 2 nitrogen and oxygen atoms in total. The summed E-state index contributed by atoms with van der Waals surface area (Å²) in [4.78, 5) is 3.97. The number of fused-ring (bicyclic) bond motifs is 2. The number of nitrogens with one attached hydrogen (secondary N) is 1. The maximum Gasteiger partial charge on any atom is 0.0234 e. The molecule has 3 rings (SSSR count). The second-order valence-electron chi connectivity index (χ2n) is 5.51. The van der Waals surface area contributed by atoms with Gasteiger partial charge in [-0.25, -0.2) is 0 Å². The van der Waals surface area contributed by atoms with Crippen LogP contribution in [0.15, 0.2) is 29.2 Å². The second-order valence-corrected chi connectivity index (χ2v) is 6.39. The summed E-state index contributed by atoms with van der Waals surface area (Å²) in [5.74, 6) is 0. The molecule has 106 valence electrons. The van der Waals surface area contributed by atoms with E-state index in [1.165, 1.54) is 42.8 Å². The molecule has 1 aromatic carbocycles. The molecule has 2 aliphatic rings. The van der Waals surface area contributed by atoms with Gasteiger partial charge < -0.3 is 5.32 Å². The first kappa shape index (κ1) is 15.2. The van der Waals surface area contributed by atoms with Crippen LogP contribution in [0.3, 0.4) is 0 Å². The molecular formula is C15H23ClN2S. The van der Waals surface area contributed by atoms with Gasteiger partial charge in [-0.15, -0.1) is 24.2 Å². The van der Waals surface area contributed by atoms with Crippen molar-refractivity contribution in [2.24, 2.45) is 0 Å². The Bertz CT molecular complexity index is 396. The van der Waals surface area contributed by atoms with Crippen LogP contribution in [0.5, 0.6) is 0 Å². The zero-order valence-electron chi connectivity index (χ0n) is 11.5. The number of halogens is 1. The highest BCUT2D eigenvalue weighted by atomic mass is 35.5. The smallest absolute Gasteiger partial charge is 0.0234 e. The number of nitrogens with zero attached hydrogens (tertiary/aromatic N) is 1. The molecule has 19 heavy (non-hydrogen) atoms. The Labute approximate surface area is 126 Å². The minimum absolute atomic E-state index is 0. The number of likely N-dealkylation sites (tertiary alicyclic amines) is 1. The lowest BCUT2D eigenvalue weighted by Gasteiger charge is -2.24. The van der Waals surface area contributed by atoms with Gasteiger partial charge in [0.1, 0.15) is 0 Å². The number of thioether (sulfide) groups is 1. The monoisotopic (exact) mass is 298 g/mol. The van der Waals surface area contributed by atoms with Crippen LogP contribution < -0.4 is 5.32 Å². The summed E-state index contributed by atoms with van der Waals surface area (Å²) in [6.45, 7) is 3.58. The third-order valence-corrected chi connectivity index (χ3v) is 4.92. The van der Waals surface area contributed by atoms with E-state index in [0.717, 1.165) is 18.6 Å². The summed E-state index contributed by atoms with van der Waals surface area (Å²) < 4.78 is 0. The number of rotatable bonds is 3. The first-order valence-corrected chi connectivity index (χ1v) is 8.17. The predicted molar refractivity (Wildman–Crippen MR) is 85.3 cm³/mol. The summed E-state index contributed by atoms with van der Waals surface area (Å²) in [6.07, 6.45) is 6.21. The fourth-order valence-corrected chi connectivity index (χ4v) is 3.56. The molecule has 0 aliphatic carbocycles. The van der Waals surface area contributed by atoms with E-state index in [-0.39, 0.29) is 12.4 Å². The van der Waals surface area contributed by atoms with Crippen molar-refractivity contribution in [2.45, 2.75) is 42.8 Å². The molecular weight excluding hydrogens is 276 g/mol. The number of hydrogen-bond donors (Lipinski definition) is 1. The van der Waals surface area contributed by atoms with Gasteiger partial charge in [0.25, 0.3) is 0 Å². The summed E-state index contributed by atoms with van der Waals surface area (Å²) in [5.41, 5.74) is 1.45. The molecule has 2 fully saturated rings. The molecule has 2 saturated heterocycles.